The van der Waals surface area contributed by atoms with Gasteiger partial charge in [0.05, 0.1) is 18.9 Å². The second-order valence-electron chi connectivity index (χ2n) is 7.16. The summed E-state index contributed by atoms with van der Waals surface area (Å²) in [6.07, 6.45) is 3.17. The smallest absolute Gasteiger partial charge is 0.289 e. The van der Waals surface area contributed by atoms with Crippen LogP contribution in [-0.2, 0) is 6.54 Å². The van der Waals surface area contributed by atoms with Crippen LogP contribution in [0.3, 0.4) is 0 Å². The van der Waals surface area contributed by atoms with Crippen molar-refractivity contribution in [2.24, 2.45) is 0 Å². The van der Waals surface area contributed by atoms with E-state index in [4.69, 9.17) is 9.15 Å². The van der Waals surface area contributed by atoms with Gasteiger partial charge in [-0.1, -0.05) is 12.1 Å². The third-order valence-electron chi connectivity index (χ3n) is 5.24. The number of carbonyl (C=O) groups excluding carboxylic acids is 2. The highest BCUT2D eigenvalue weighted by Crippen LogP contribution is 2.20. The number of methoxy groups -OCH3 is 1. The number of nitrogens with zero attached hydrogens (tertiary/aromatic N) is 3. The summed E-state index contributed by atoms with van der Waals surface area (Å²) < 4.78 is 10.4. The van der Waals surface area contributed by atoms with E-state index in [-0.39, 0.29) is 11.8 Å². The fourth-order valence-corrected chi connectivity index (χ4v) is 3.52. The van der Waals surface area contributed by atoms with Gasteiger partial charge in [-0.15, -0.1) is 0 Å². The molecule has 1 saturated heterocycles. The van der Waals surface area contributed by atoms with Crippen LogP contribution in [0.4, 0.5) is 5.82 Å². The third-order valence-corrected chi connectivity index (χ3v) is 5.24. The zero-order valence-electron chi connectivity index (χ0n) is 17.3. The minimum atomic E-state index is -0.187. The highest BCUT2D eigenvalue weighted by Gasteiger charge is 2.26. The van der Waals surface area contributed by atoms with Crippen LogP contribution < -0.4 is 15.0 Å². The van der Waals surface area contributed by atoms with Gasteiger partial charge in [0, 0.05) is 38.9 Å². The van der Waals surface area contributed by atoms with Crippen LogP contribution in [0.15, 0.2) is 65.4 Å². The van der Waals surface area contributed by atoms with Crippen molar-refractivity contribution < 1.29 is 18.7 Å². The summed E-state index contributed by atoms with van der Waals surface area (Å²) in [6.45, 7) is 2.64. The average Bonchev–Trinajstić information content (AvgIpc) is 3.37. The van der Waals surface area contributed by atoms with Crippen LogP contribution >= 0.6 is 0 Å². The van der Waals surface area contributed by atoms with Gasteiger partial charge in [0.1, 0.15) is 11.6 Å². The van der Waals surface area contributed by atoms with Crippen LogP contribution in [-0.4, -0.2) is 55.0 Å². The summed E-state index contributed by atoms with van der Waals surface area (Å²) in [4.78, 5) is 33.6. The van der Waals surface area contributed by atoms with Crippen molar-refractivity contribution in [1.29, 1.82) is 0 Å². The van der Waals surface area contributed by atoms with E-state index in [1.807, 2.05) is 29.2 Å². The van der Waals surface area contributed by atoms with Crippen molar-refractivity contribution in [2.45, 2.75) is 6.54 Å². The average molecular weight is 420 g/mol. The van der Waals surface area contributed by atoms with E-state index in [9.17, 15) is 9.59 Å². The molecule has 3 heterocycles. The van der Waals surface area contributed by atoms with Gasteiger partial charge >= 0.3 is 0 Å². The van der Waals surface area contributed by atoms with Crippen molar-refractivity contribution in [3.63, 3.8) is 0 Å². The molecule has 0 saturated carbocycles. The first-order valence-electron chi connectivity index (χ1n) is 10.1. The molecule has 1 aliphatic rings. The number of aromatic nitrogens is 1. The number of hydrogen-bond acceptors (Lipinski definition) is 6. The molecule has 1 N–H and O–H groups in total. The molecule has 0 radical (unpaired) electrons. The lowest BCUT2D eigenvalue weighted by Crippen LogP contribution is -2.49. The lowest BCUT2D eigenvalue weighted by molar-refractivity contribution is 0.0713. The zero-order chi connectivity index (χ0) is 21.6. The van der Waals surface area contributed by atoms with Crippen LogP contribution in [0.25, 0.3) is 0 Å². The van der Waals surface area contributed by atoms with Crippen LogP contribution in [0, 0.1) is 0 Å². The van der Waals surface area contributed by atoms with E-state index in [2.05, 4.69) is 10.3 Å². The molecular weight excluding hydrogens is 396 g/mol. The fourth-order valence-electron chi connectivity index (χ4n) is 3.52. The van der Waals surface area contributed by atoms with Crippen LogP contribution in [0.5, 0.6) is 5.75 Å². The summed E-state index contributed by atoms with van der Waals surface area (Å²) in [7, 11) is 1.62. The highest BCUT2D eigenvalue weighted by atomic mass is 16.5. The molecule has 3 aromatic rings. The van der Waals surface area contributed by atoms with Gasteiger partial charge in [-0.05, 0) is 42.0 Å². The largest absolute Gasteiger partial charge is 0.497 e. The van der Waals surface area contributed by atoms with E-state index >= 15 is 0 Å². The molecule has 4 rings (SSSR count). The first-order valence-corrected chi connectivity index (χ1v) is 10.1. The maximum absolute atomic E-state index is 12.9. The number of amides is 2. The monoisotopic (exact) mass is 420 g/mol. The lowest BCUT2D eigenvalue weighted by Gasteiger charge is -2.35. The Kier molecular flexibility index (Phi) is 6.16. The number of anilines is 1. The zero-order valence-corrected chi connectivity index (χ0v) is 17.3. The first kappa shape index (κ1) is 20.5. The number of rotatable bonds is 6. The Morgan fingerprint density at radius 3 is 2.52 bits per heavy atom. The second kappa shape index (κ2) is 9.34. The van der Waals surface area contributed by atoms with E-state index < -0.39 is 0 Å². The summed E-state index contributed by atoms with van der Waals surface area (Å²) in [5, 5.41) is 2.95. The number of nitrogens with one attached hydrogen (secondary N) is 1. The number of ether oxygens (including phenoxy) is 1. The minimum absolute atomic E-state index is 0.122. The van der Waals surface area contributed by atoms with E-state index in [1.165, 1.54) is 6.26 Å². The topological polar surface area (TPSA) is 87.9 Å². The summed E-state index contributed by atoms with van der Waals surface area (Å²) in [5.41, 5.74) is 1.49. The van der Waals surface area contributed by atoms with Gasteiger partial charge in [0.15, 0.2) is 5.76 Å². The predicted molar refractivity (Wildman–Crippen MR) is 115 cm³/mol. The molecule has 1 fully saturated rings. The quantitative estimate of drug-likeness (QED) is 0.660. The van der Waals surface area contributed by atoms with Crippen molar-refractivity contribution >= 4 is 17.6 Å². The second-order valence-corrected chi connectivity index (χ2v) is 7.16. The molecule has 2 amide bonds. The third kappa shape index (κ3) is 4.69. The minimum Gasteiger partial charge on any atom is -0.497 e. The van der Waals surface area contributed by atoms with Crippen molar-refractivity contribution in [1.82, 2.24) is 15.2 Å². The van der Waals surface area contributed by atoms with E-state index in [0.717, 1.165) is 11.3 Å². The molecule has 8 nitrogen and oxygen atoms in total. The fraction of sp³-hybridized carbons (Fsp3) is 0.261. The number of carbonyl (C=O) groups is 2. The normalized spacial score (nSPS) is 13.7. The molecule has 2 aromatic heterocycles. The van der Waals surface area contributed by atoms with Crippen LogP contribution in [0.2, 0.25) is 0 Å². The Bertz CT molecular complexity index is 1030. The summed E-state index contributed by atoms with van der Waals surface area (Å²) in [5.74, 6) is 1.43. The number of hydrogen-bond donors (Lipinski definition) is 1. The Labute approximate surface area is 180 Å². The Morgan fingerprint density at radius 2 is 1.84 bits per heavy atom. The van der Waals surface area contributed by atoms with Gasteiger partial charge in [0.25, 0.3) is 11.8 Å². The molecule has 0 bridgehead atoms. The standard InChI is InChI=1S/C23H24N4O4/c1-30-18-8-6-17(7-9-18)16-25-22(28)19-4-2-10-24-21(19)26-11-13-27(14-12-26)23(29)20-5-3-15-31-20/h2-10,15H,11-14,16H2,1H3,(H,25,28). The molecule has 160 valence electrons. The maximum atomic E-state index is 12.9. The van der Waals surface area contributed by atoms with E-state index in [0.29, 0.717) is 49.9 Å². The van der Waals surface area contributed by atoms with Gasteiger partial charge in [0.2, 0.25) is 0 Å². The number of benzene rings is 1. The van der Waals surface area contributed by atoms with Gasteiger partial charge in [-0.3, -0.25) is 9.59 Å². The lowest BCUT2D eigenvalue weighted by atomic mass is 10.1. The van der Waals surface area contributed by atoms with Crippen molar-refractivity contribution in [3.05, 3.63) is 77.9 Å². The molecule has 1 aliphatic heterocycles. The number of furan rings is 1. The number of piperazine rings is 1. The molecular formula is C23H24N4O4. The predicted octanol–water partition coefficient (Wildman–Crippen LogP) is 2.58. The summed E-state index contributed by atoms with van der Waals surface area (Å²) in [6, 6.07) is 14.4. The molecule has 31 heavy (non-hydrogen) atoms. The van der Waals surface area contributed by atoms with Gasteiger partial charge < -0.3 is 24.3 Å². The van der Waals surface area contributed by atoms with Gasteiger partial charge in [-0.25, -0.2) is 4.98 Å². The van der Waals surface area contributed by atoms with Crippen LogP contribution in [0.1, 0.15) is 26.5 Å². The molecule has 0 aliphatic carbocycles. The van der Waals surface area contributed by atoms with Crippen molar-refractivity contribution in [3.8, 4) is 5.75 Å². The summed E-state index contributed by atoms with van der Waals surface area (Å²) >= 11 is 0. The maximum Gasteiger partial charge on any atom is 0.289 e. The first-order chi connectivity index (χ1) is 15.2. The number of pyridine rings is 1. The van der Waals surface area contributed by atoms with Gasteiger partial charge in [-0.2, -0.15) is 0 Å². The Balaban J connectivity index is 1.39. The molecule has 1 aromatic carbocycles. The Hall–Kier alpha value is -3.81. The molecule has 0 atom stereocenters. The van der Waals surface area contributed by atoms with E-state index in [1.54, 1.807) is 42.5 Å². The van der Waals surface area contributed by atoms with Crippen molar-refractivity contribution in [2.75, 3.05) is 38.2 Å². The Morgan fingerprint density at radius 1 is 1.06 bits per heavy atom. The molecule has 8 heteroatoms. The SMILES string of the molecule is COc1ccc(CNC(=O)c2cccnc2N2CCN(C(=O)c3ccco3)CC2)cc1. The highest BCUT2D eigenvalue weighted by molar-refractivity contribution is 5.99. The molecule has 0 spiro atoms. The molecule has 0 unspecified atom stereocenters.